The second-order valence-corrected chi connectivity index (χ2v) is 5.90. The number of halogens is 1. The molecule has 1 amide bonds. The van der Waals surface area contributed by atoms with Gasteiger partial charge in [0.05, 0.1) is 10.8 Å². The van der Waals surface area contributed by atoms with Gasteiger partial charge in [-0.15, -0.1) is 0 Å². The third kappa shape index (κ3) is 3.69. The minimum Gasteiger partial charge on any atom is -0.360 e. The number of aryl methyl sites for hydroxylation is 1. The number of nitrogens with zero attached hydrogens (tertiary/aromatic N) is 4. The summed E-state index contributed by atoms with van der Waals surface area (Å²) in [7, 11) is 0. The Morgan fingerprint density at radius 2 is 2.26 bits per heavy atom. The van der Waals surface area contributed by atoms with Crippen molar-refractivity contribution in [3.8, 4) is 0 Å². The Labute approximate surface area is 138 Å². The first kappa shape index (κ1) is 15.5. The van der Waals surface area contributed by atoms with Gasteiger partial charge in [-0.25, -0.2) is 14.2 Å². The highest BCUT2D eigenvalue weighted by Crippen LogP contribution is 2.14. The van der Waals surface area contributed by atoms with Crippen molar-refractivity contribution in [1.82, 2.24) is 19.5 Å². The van der Waals surface area contributed by atoms with E-state index in [0.29, 0.717) is 22.2 Å². The van der Waals surface area contributed by atoms with Crippen molar-refractivity contribution in [2.75, 3.05) is 11.1 Å². The van der Waals surface area contributed by atoms with Gasteiger partial charge in [0, 0.05) is 12.3 Å². The molecule has 0 aliphatic heterocycles. The van der Waals surface area contributed by atoms with Crippen LogP contribution in [0.5, 0.6) is 0 Å². The number of anilines is 1. The Morgan fingerprint density at radius 3 is 3.00 bits per heavy atom. The number of pyridine rings is 1. The van der Waals surface area contributed by atoms with E-state index in [9.17, 15) is 9.59 Å². The predicted octanol–water partition coefficient (Wildman–Crippen LogP) is 1.77. The topological polar surface area (TPSA) is 102 Å². The van der Waals surface area contributed by atoms with Crippen molar-refractivity contribution in [2.45, 2.75) is 12.1 Å². The average Bonchev–Trinajstić information content (AvgIpc) is 2.91. The molecule has 0 radical (unpaired) electrons. The molecule has 3 rings (SSSR count). The molecule has 3 aromatic rings. The number of carbonyl (C=O) groups excluding carboxylic acids is 1. The first-order valence-corrected chi connectivity index (χ1v) is 7.79. The minimum atomic E-state index is -0.507. The Morgan fingerprint density at radius 1 is 1.43 bits per heavy atom. The standard InChI is InChI=1S/C13H10ClN5O3S/c1-7-4-9(18-22-7)15-11(20)6-23-12-16-10-3-2-8(14)5-19(10)13(21)17-12/h2-5H,6H2,1H3,(H,15,18,20). The molecule has 8 nitrogen and oxygen atoms in total. The molecule has 0 aliphatic rings. The van der Waals surface area contributed by atoms with E-state index in [0.717, 1.165) is 11.8 Å². The van der Waals surface area contributed by atoms with Crippen molar-refractivity contribution in [2.24, 2.45) is 0 Å². The second kappa shape index (κ2) is 6.39. The van der Waals surface area contributed by atoms with E-state index < -0.39 is 5.69 Å². The Bertz CT molecular complexity index is 939. The summed E-state index contributed by atoms with van der Waals surface area (Å²) in [4.78, 5) is 31.7. The maximum Gasteiger partial charge on any atom is 0.355 e. The van der Waals surface area contributed by atoms with Crippen LogP contribution in [0.2, 0.25) is 5.02 Å². The predicted molar refractivity (Wildman–Crippen MR) is 84.9 cm³/mol. The zero-order valence-corrected chi connectivity index (χ0v) is 13.4. The number of hydrogen-bond acceptors (Lipinski definition) is 7. The first-order valence-electron chi connectivity index (χ1n) is 6.43. The molecular weight excluding hydrogens is 342 g/mol. The van der Waals surface area contributed by atoms with Gasteiger partial charge in [-0.3, -0.25) is 4.79 Å². The number of rotatable bonds is 4. The minimum absolute atomic E-state index is 0.0368. The molecule has 0 spiro atoms. The van der Waals surface area contributed by atoms with Gasteiger partial charge < -0.3 is 9.84 Å². The Hall–Kier alpha value is -2.39. The van der Waals surface area contributed by atoms with Gasteiger partial charge in [0.2, 0.25) is 5.91 Å². The Balaban J connectivity index is 1.70. The summed E-state index contributed by atoms with van der Waals surface area (Å²) in [5.41, 5.74) is -0.100. The van der Waals surface area contributed by atoms with Crippen LogP contribution in [-0.2, 0) is 4.79 Å². The summed E-state index contributed by atoms with van der Waals surface area (Å²) < 4.78 is 6.09. The Kier molecular flexibility index (Phi) is 4.30. The van der Waals surface area contributed by atoms with E-state index in [1.807, 2.05) is 0 Å². The number of fused-ring (bicyclic) bond motifs is 1. The summed E-state index contributed by atoms with van der Waals surface area (Å²) in [6.45, 7) is 1.72. The van der Waals surface area contributed by atoms with Crippen LogP contribution < -0.4 is 11.0 Å². The summed E-state index contributed by atoms with van der Waals surface area (Å²) in [6.07, 6.45) is 1.44. The van der Waals surface area contributed by atoms with E-state index in [1.54, 1.807) is 25.1 Å². The second-order valence-electron chi connectivity index (χ2n) is 4.52. The molecule has 10 heteroatoms. The highest BCUT2D eigenvalue weighted by molar-refractivity contribution is 7.99. The zero-order chi connectivity index (χ0) is 16.4. The molecule has 0 aromatic carbocycles. The van der Waals surface area contributed by atoms with Crippen molar-refractivity contribution in [3.05, 3.63) is 45.7 Å². The molecule has 0 atom stereocenters. The molecule has 23 heavy (non-hydrogen) atoms. The van der Waals surface area contributed by atoms with Gasteiger partial charge in [0.15, 0.2) is 11.0 Å². The van der Waals surface area contributed by atoms with Crippen LogP contribution >= 0.6 is 23.4 Å². The smallest absolute Gasteiger partial charge is 0.355 e. The van der Waals surface area contributed by atoms with Gasteiger partial charge in [0.25, 0.3) is 0 Å². The van der Waals surface area contributed by atoms with Crippen LogP contribution in [0.15, 0.2) is 38.9 Å². The zero-order valence-electron chi connectivity index (χ0n) is 11.8. The molecule has 1 N–H and O–H groups in total. The molecule has 0 saturated heterocycles. The fourth-order valence-electron chi connectivity index (χ4n) is 1.77. The molecule has 0 bridgehead atoms. The van der Waals surface area contributed by atoms with Gasteiger partial charge in [-0.1, -0.05) is 28.5 Å². The number of nitrogens with one attached hydrogen (secondary N) is 1. The molecule has 118 valence electrons. The molecule has 0 fully saturated rings. The summed E-state index contributed by atoms with van der Waals surface area (Å²) in [6, 6.07) is 4.83. The number of hydrogen-bond donors (Lipinski definition) is 1. The van der Waals surface area contributed by atoms with Crippen LogP contribution in [0.25, 0.3) is 5.65 Å². The van der Waals surface area contributed by atoms with E-state index in [4.69, 9.17) is 16.1 Å². The lowest BCUT2D eigenvalue weighted by molar-refractivity contribution is -0.113. The largest absolute Gasteiger partial charge is 0.360 e. The van der Waals surface area contributed by atoms with Crippen LogP contribution in [0.3, 0.4) is 0 Å². The lowest BCUT2D eigenvalue weighted by Gasteiger charge is -2.03. The number of carbonyl (C=O) groups is 1. The fraction of sp³-hybridized carbons (Fsp3) is 0.154. The van der Waals surface area contributed by atoms with Gasteiger partial charge in [-0.2, -0.15) is 4.98 Å². The summed E-state index contributed by atoms with van der Waals surface area (Å²) >= 11 is 6.87. The van der Waals surface area contributed by atoms with Crippen molar-refractivity contribution in [3.63, 3.8) is 0 Å². The highest BCUT2D eigenvalue weighted by atomic mass is 35.5. The van der Waals surface area contributed by atoms with Crippen LogP contribution in [0.1, 0.15) is 5.76 Å². The average molecular weight is 352 g/mol. The summed E-state index contributed by atoms with van der Waals surface area (Å²) in [5, 5.41) is 6.85. The highest BCUT2D eigenvalue weighted by Gasteiger charge is 2.10. The third-order valence-electron chi connectivity index (χ3n) is 2.73. The summed E-state index contributed by atoms with van der Waals surface area (Å²) in [5.74, 6) is 0.665. The quantitative estimate of drug-likeness (QED) is 0.714. The fourth-order valence-corrected chi connectivity index (χ4v) is 2.56. The molecule has 0 aliphatic carbocycles. The van der Waals surface area contributed by atoms with E-state index >= 15 is 0 Å². The molecule has 0 saturated carbocycles. The number of amides is 1. The van der Waals surface area contributed by atoms with Crippen molar-refractivity contribution in [1.29, 1.82) is 0 Å². The van der Waals surface area contributed by atoms with Gasteiger partial charge >= 0.3 is 5.69 Å². The lowest BCUT2D eigenvalue weighted by atomic mass is 10.5. The molecular formula is C13H10ClN5O3S. The van der Waals surface area contributed by atoms with Gasteiger partial charge in [0.1, 0.15) is 11.4 Å². The maximum atomic E-state index is 11.9. The van der Waals surface area contributed by atoms with Crippen LogP contribution in [0.4, 0.5) is 5.82 Å². The number of thioether (sulfide) groups is 1. The van der Waals surface area contributed by atoms with Crippen LogP contribution in [0, 0.1) is 6.92 Å². The molecule has 3 heterocycles. The van der Waals surface area contributed by atoms with Gasteiger partial charge in [-0.05, 0) is 19.1 Å². The molecule has 3 aromatic heterocycles. The van der Waals surface area contributed by atoms with Crippen molar-refractivity contribution >= 4 is 40.7 Å². The van der Waals surface area contributed by atoms with Crippen molar-refractivity contribution < 1.29 is 9.32 Å². The van der Waals surface area contributed by atoms with E-state index in [2.05, 4.69) is 20.4 Å². The van der Waals surface area contributed by atoms with E-state index in [-0.39, 0.29) is 16.8 Å². The normalized spacial score (nSPS) is 10.9. The maximum absolute atomic E-state index is 11.9. The SMILES string of the molecule is Cc1cc(NC(=O)CSc2nc(=O)n3cc(Cl)ccc3n2)no1. The lowest BCUT2D eigenvalue weighted by Crippen LogP contribution is -2.20. The van der Waals surface area contributed by atoms with Crippen LogP contribution in [-0.4, -0.2) is 31.2 Å². The first-order chi connectivity index (χ1) is 11.0. The van der Waals surface area contributed by atoms with E-state index in [1.165, 1.54) is 10.6 Å². The monoisotopic (exact) mass is 351 g/mol. The third-order valence-corrected chi connectivity index (χ3v) is 3.80. The number of aromatic nitrogens is 4. The molecule has 0 unspecified atom stereocenters.